The summed E-state index contributed by atoms with van der Waals surface area (Å²) >= 11 is 9.78. The van der Waals surface area contributed by atoms with Crippen molar-refractivity contribution in [2.75, 3.05) is 0 Å². The number of rotatable bonds is 3. The fourth-order valence-electron chi connectivity index (χ4n) is 2.09. The minimum Gasteiger partial charge on any atom is -0.166 e. The molecule has 0 heterocycles. The average molecular weight is 274 g/mol. The van der Waals surface area contributed by atoms with E-state index in [4.69, 9.17) is 25.3 Å². The minimum absolute atomic E-state index is 0.348. The lowest BCUT2D eigenvalue weighted by atomic mass is 9.82. The third-order valence-electron chi connectivity index (χ3n) is 3.62. The molecule has 2 unspecified atom stereocenters. The molecule has 0 saturated heterocycles. The zero-order valence-electron chi connectivity index (χ0n) is 10.7. The second-order valence-corrected chi connectivity index (χ2v) is 6.67. The molecule has 18 heavy (non-hydrogen) atoms. The average Bonchev–Trinajstić information content (AvgIpc) is 2.40. The predicted molar refractivity (Wildman–Crippen MR) is 85.6 cm³/mol. The van der Waals surface area contributed by atoms with E-state index in [-0.39, 0.29) is 9.49 Å². The fraction of sp³-hybridized carbons (Fsp3) is 0.250. The first-order chi connectivity index (χ1) is 8.46. The van der Waals surface area contributed by atoms with Crippen LogP contribution in [-0.4, -0.2) is 0 Å². The molecule has 2 rings (SSSR count). The molecular weight excluding hydrogens is 256 g/mol. The van der Waals surface area contributed by atoms with E-state index in [0.29, 0.717) is 0 Å². The second-order valence-electron chi connectivity index (χ2n) is 4.88. The summed E-state index contributed by atoms with van der Waals surface area (Å²) < 4.78 is -0.697. The molecule has 0 bridgehead atoms. The van der Waals surface area contributed by atoms with Gasteiger partial charge in [-0.15, -0.1) is 0 Å². The van der Waals surface area contributed by atoms with Gasteiger partial charge < -0.3 is 0 Å². The number of benzene rings is 2. The van der Waals surface area contributed by atoms with Gasteiger partial charge in [-0.25, -0.2) is 0 Å². The summed E-state index contributed by atoms with van der Waals surface area (Å²) in [6, 6.07) is 20.6. The first-order valence-electron chi connectivity index (χ1n) is 6.02. The molecular formula is C16H18S2. The molecule has 0 amide bonds. The van der Waals surface area contributed by atoms with Gasteiger partial charge >= 0.3 is 0 Å². The highest BCUT2D eigenvalue weighted by molar-refractivity contribution is 7.85. The highest BCUT2D eigenvalue weighted by Crippen LogP contribution is 2.49. The van der Waals surface area contributed by atoms with E-state index < -0.39 is 0 Å². The lowest BCUT2D eigenvalue weighted by Gasteiger charge is -2.40. The van der Waals surface area contributed by atoms with Gasteiger partial charge in [0.2, 0.25) is 0 Å². The van der Waals surface area contributed by atoms with Gasteiger partial charge in [0.1, 0.15) is 0 Å². The quantitative estimate of drug-likeness (QED) is 0.746. The maximum atomic E-state index is 4.89. The van der Waals surface area contributed by atoms with Crippen LogP contribution in [0.4, 0.5) is 0 Å². The van der Waals surface area contributed by atoms with E-state index in [1.807, 2.05) is 36.4 Å². The van der Waals surface area contributed by atoms with Crippen molar-refractivity contribution >= 4 is 25.3 Å². The third kappa shape index (κ3) is 2.32. The summed E-state index contributed by atoms with van der Waals surface area (Å²) in [5, 5.41) is 0. The monoisotopic (exact) mass is 274 g/mol. The number of thiol groups is 2. The van der Waals surface area contributed by atoms with Crippen LogP contribution in [0, 0.1) is 0 Å². The minimum atomic E-state index is -0.348. The summed E-state index contributed by atoms with van der Waals surface area (Å²) in [7, 11) is 0. The van der Waals surface area contributed by atoms with Crippen molar-refractivity contribution in [3.63, 3.8) is 0 Å². The zero-order valence-corrected chi connectivity index (χ0v) is 12.5. The van der Waals surface area contributed by atoms with Crippen LogP contribution in [0.25, 0.3) is 0 Å². The molecule has 0 N–H and O–H groups in total. The molecule has 2 aromatic carbocycles. The zero-order chi connectivity index (χ0) is 13.2. The van der Waals surface area contributed by atoms with E-state index in [1.54, 1.807) is 0 Å². The van der Waals surface area contributed by atoms with Crippen LogP contribution in [0.5, 0.6) is 0 Å². The van der Waals surface area contributed by atoms with Crippen molar-refractivity contribution in [2.45, 2.75) is 23.3 Å². The van der Waals surface area contributed by atoms with Crippen LogP contribution < -0.4 is 0 Å². The predicted octanol–water partition coefficient (Wildman–Crippen LogP) is 4.68. The van der Waals surface area contributed by atoms with E-state index in [0.717, 1.165) is 0 Å². The van der Waals surface area contributed by atoms with Crippen molar-refractivity contribution in [3.05, 3.63) is 71.8 Å². The highest BCUT2D eigenvalue weighted by Gasteiger charge is 2.41. The topological polar surface area (TPSA) is 0 Å². The van der Waals surface area contributed by atoms with Gasteiger partial charge in [0.25, 0.3) is 0 Å². The Labute approximate surface area is 120 Å². The molecule has 0 saturated carbocycles. The molecule has 0 fully saturated rings. The Morgan fingerprint density at radius 2 is 0.889 bits per heavy atom. The van der Waals surface area contributed by atoms with Gasteiger partial charge in [-0.1, -0.05) is 60.7 Å². The Kier molecular flexibility index (Phi) is 3.79. The Balaban J connectivity index is 2.47. The molecule has 94 valence electrons. The van der Waals surface area contributed by atoms with Crippen molar-refractivity contribution in [3.8, 4) is 0 Å². The second kappa shape index (κ2) is 5.02. The first kappa shape index (κ1) is 13.6. The maximum Gasteiger partial charge on any atom is 0.0532 e. The smallest absolute Gasteiger partial charge is 0.0532 e. The van der Waals surface area contributed by atoms with Crippen LogP contribution in [0.15, 0.2) is 60.7 Å². The van der Waals surface area contributed by atoms with Crippen molar-refractivity contribution in [2.24, 2.45) is 0 Å². The summed E-state index contributed by atoms with van der Waals surface area (Å²) in [5.74, 6) is 0. The fourth-order valence-corrected chi connectivity index (χ4v) is 2.64. The van der Waals surface area contributed by atoms with E-state index in [9.17, 15) is 0 Å². The first-order valence-corrected chi connectivity index (χ1v) is 6.91. The normalized spacial score (nSPS) is 17.8. The Bertz CT molecular complexity index is 452. The molecule has 0 aromatic heterocycles. The van der Waals surface area contributed by atoms with E-state index >= 15 is 0 Å². The van der Waals surface area contributed by atoms with Crippen molar-refractivity contribution < 1.29 is 0 Å². The molecule has 2 atom stereocenters. The summed E-state index contributed by atoms with van der Waals surface area (Å²) in [6.45, 7) is 4.23. The van der Waals surface area contributed by atoms with Gasteiger partial charge in [-0.3, -0.25) is 0 Å². The van der Waals surface area contributed by atoms with Gasteiger partial charge in [-0.2, -0.15) is 25.3 Å². The molecule has 0 radical (unpaired) electrons. The summed E-state index contributed by atoms with van der Waals surface area (Å²) in [5.41, 5.74) is 2.35. The SMILES string of the molecule is CC(S)(c1ccccc1)C(C)(S)c1ccccc1. The molecule has 2 aromatic rings. The van der Waals surface area contributed by atoms with E-state index in [2.05, 4.69) is 38.1 Å². The third-order valence-corrected chi connectivity index (χ3v) is 5.21. The molecule has 0 aliphatic heterocycles. The van der Waals surface area contributed by atoms with Crippen molar-refractivity contribution in [1.29, 1.82) is 0 Å². The van der Waals surface area contributed by atoms with Crippen molar-refractivity contribution in [1.82, 2.24) is 0 Å². The Morgan fingerprint density at radius 3 is 1.17 bits per heavy atom. The maximum absolute atomic E-state index is 4.89. The van der Waals surface area contributed by atoms with Crippen LogP contribution in [0.2, 0.25) is 0 Å². The number of hydrogen-bond donors (Lipinski definition) is 2. The van der Waals surface area contributed by atoms with Gasteiger partial charge in [0.05, 0.1) is 9.49 Å². The van der Waals surface area contributed by atoms with Crippen LogP contribution in [-0.2, 0) is 9.49 Å². The Morgan fingerprint density at radius 1 is 0.611 bits per heavy atom. The summed E-state index contributed by atoms with van der Waals surface area (Å²) in [6.07, 6.45) is 0. The van der Waals surface area contributed by atoms with Gasteiger partial charge in [-0.05, 0) is 25.0 Å². The van der Waals surface area contributed by atoms with Gasteiger partial charge in [0, 0.05) is 0 Å². The van der Waals surface area contributed by atoms with Crippen LogP contribution >= 0.6 is 25.3 Å². The standard InChI is InChI=1S/C16H18S2/c1-15(17,13-9-5-3-6-10-13)16(2,18)14-11-7-4-8-12-14/h3-12,17-18H,1-2H3. The number of hydrogen-bond acceptors (Lipinski definition) is 2. The van der Waals surface area contributed by atoms with Gasteiger partial charge in [0.15, 0.2) is 0 Å². The summed E-state index contributed by atoms with van der Waals surface area (Å²) in [4.78, 5) is 0. The molecule has 0 spiro atoms. The lowest BCUT2D eigenvalue weighted by molar-refractivity contribution is 0.524. The molecule has 0 nitrogen and oxygen atoms in total. The molecule has 0 aliphatic carbocycles. The Hall–Kier alpha value is -0.860. The largest absolute Gasteiger partial charge is 0.166 e. The molecule has 0 aliphatic rings. The van der Waals surface area contributed by atoms with E-state index in [1.165, 1.54) is 11.1 Å². The molecule has 2 heteroatoms. The van der Waals surface area contributed by atoms with Crippen LogP contribution in [0.1, 0.15) is 25.0 Å². The lowest BCUT2D eigenvalue weighted by Crippen LogP contribution is -2.36. The van der Waals surface area contributed by atoms with Crippen LogP contribution in [0.3, 0.4) is 0 Å². The highest BCUT2D eigenvalue weighted by atomic mass is 32.1.